The lowest BCUT2D eigenvalue weighted by Gasteiger charge is -2.13. The van der Waals surface area contributed by atoms with E-state index >= 15 is 0 Å². The van der Waals surface area contributed by atoms with E-state index in [4.69, 9.17) is 9.47 Å². The van der Waals surface area contributed by atoms with E-state index in [1.54, 1.807) is 42.2 Å². The molecule has 0 saturated heterocycles. The van der Waals surface area contributed by atoms with Crippen molar-refractivity contribution in [2.75, 3.05) is 19.0 Å². The standard InChI is InChI=1S/C21H18F2N4O2/c1-3-29-18-7-5-14(11-19(18)28-2)25-20-21-24-8-9-27(21)12-17(26-20)13-4-6-15(22)16(23)10-13/h4-12H,3H2,1-2H3,(H,25,26). The highest BCUT2D eigenvalue weighted by atomic mass is 19.2. The minimum atomic E-state index is -0.930. The molecule has 0 aliphatic heterocycles. The number of anilines is 2. The molecule has 148 valence electrons. The minimum Gasteiger partial charge on any atom is -0.493 e. The number of fused-ring (bicyclic) bond motifs is 1. The van der Waals surface area contributed by atoms with Crippen molar-refractivity contribution in [3.63, 3.8) is 0 Å². The Hall–Kier alpha value is -3.68. The summed E-state index contributed by atoms with van der Waals surface area (Å²) in [6.07, 6.45) is 5.10. The summed E-state index contributed by atoms with van der Waals surface area (Å²) < 4.78 is 39.7. The van der Waals surface area contributed by atoms with Gasteiger partial charge in [-0.2, -0.15) is 0 Å². The zero-order chi connectivity index (χ0) is 20.4. The molecule has 4 aromatic rings. The van der Waals surface area contributed by atoms with Gasteiger partial charge in [-0.1, -0.05) is 0 Å². The smallest absolute Gasteiger partial charge is 0.180 e. The average molecular weight is 396 g/mol. The second kappa shape index (κ2) is 7.75. The van der Waals surface area contributed by atoms with E-state index in [-0.39, 0.29) is 0 Å². The summed E-state index contributed by atoms with van der Waals surface area (Å²) in [5, 5.41) is 3.22. The lowest BCUT2D eigenvalue weighted by atomic mass is 10.1. The first kappa shape index (κ1) is 18.7. The molecule has 4 rings (SSSR count). The largest absolute Gasteiger partial charge is 0.493 e. The number of rotatable bonds is 6. The van der Waals surface area contributed by atoms with E-state index in [2.05, 4.69) is 15.3 Å². The van der Waals surface area contributed by atoms with Gasteiger partial charge in [-0.25, -0.2) is 18.7 Å². The Morgan fingerprint density at radius 1 is 1.07 bits per heavy atom. The maximum atomic E-state index is 13.7. The zero-order valence-corrected chi connectivity index (χ0v) is 15.8. The summed E-state index contributed by atoms with van der Waals surface area (Å²) in [4.78, 5) is 8.89. The number of ether oxygens (including phenoxy) is 2. The highest BCUT2D eigenvalue weighted by Gasteiger charge is 2.13. The van der Waals surface area contributed by atoms with Gasteiger partial charge in [-0.05, 0) is 37.3 Å². The monoisotopic (exact) mass is 396 g/mol. The minimum absolute atomic E-state index is 0.451. The molecule has 0 saturated carbocycles. The molecule has 2 heterocycles. The molecule has 0 spiro atoms. The molecule has 0 radical (unpaired) electrons. The van der Waals surface area contributed by atoms with Crippen molar-refractivity contribution < 1.29 is 18.3 Å². The normalized spacial score (nSPS) is 10.9. The van der Waals surface area contributed by atoms with Crippen LogP contribution in [0.4, 0.5) is 20.3 Å². The molecule has 8 heteroatoms. The van der Waals surface area contributed by atoms with Crippen LogP contribution in [0, 0.1) is 11.6 Å². The summed E-state index contributed by atoms with van der Waals surface area (Å²) in [6, 6.07) is 9.09. The molecule has 1 N–H and O–H groups in total. The Morgan fingerprint density at radius 2 is 1.93 bits per heavy atom. The van der Waals surface area contributed by atoms with E-state index in [1.807, 2.05) is 13.0 Å². The third kappa shape index (κ3) is 3.69. The third-order valence-electron chi connectivity index (χ3n) is 4.32. The van der Waals surface area contributed by atoms with Gasteiger partial charge in [0, 0.05) is 35.9 Å². The Labute approximate surface area is 165 Å². The first-order valence-electron chi connectivity index (χ1n) is 8.96. The van der Waals surface area contributed by atoms with Gasteiger partial charge >= 0.3 is 0 Å². The van der Waals surface area contributed by atoms with E-state index in [0.717, 1.165) is 12.1 Å². The molecule has 0 amide bonds. The summed E-state index contributed by atoms with van der Waals surface area (Å²) in [5.74, 6) is -0.162. The van der Waals surface area contributed by atoms with Gasteiger partial charge < -0.3 is 19.2 Å². The molecule has 2 aromatic heterocycles. The van der Waals surface area contributed by atoms with E-state index in [0.29, 0.717) is 46.5 Å². The van der Waals surface area contributed by atoms with Crippen LogP contribution >= 0.6 is 0 Å². The van der Waals surface area contributed by atoms with Crippen LogP contribution < -0.4 is 14.8 Å². The van der Waals surface area contributed by atoms with E-state index < -0.39 is 11.6 Å². The molecular weight excluding hydrogens is 378 g/mol. The van der Waals surface area contributed by atoms with Crippen LogP contribution in [-0.2, 0) is 0 Å². The average Bonchev–Trinajstić information content (AvgIpc) is 3.20. The number of hydrogen-bond acceptors (Lipinski definition) is 5. The van der Waals surface area contributed by atoms with Gasteiger partial charge in [0.2, 0.25) is 0 Å². The molecule has 0 aliphatic rings. The van der Waals surface area contributed by atoms with Crippen molar-refractivity contribution in [1.82, 2.24) is 14.4 Å². The van der Waals surface area contributed by atoms with Crippen molar-refractivity contribution in [1.29, 1.82) is 0 Å². The van der Waals surface area contributed by atoms with Crippen LogP contribution in [0.3, 0.4) is 0 Å². The molecule has 29 heavy (non-hydrogen) atoms. The van der Waals surface area contributed by atoms with Crippen molar-refractivity contribution >= 4 is 17.2 Å². The van der Waals surface area contributed by atoms with Gasteiger partial charge in [0.05, 0.1) is 19.4 Å². The number of methoxy groups -OCH3 is 1. The second-order valence-corrected chi connectivity index (χ2v) is 6.19. The summed E-state index contributed by atoms with van der Waals surface area (Å²) in [7, 11) is 1.57. The van der Waals surface area contributed by atoms with Crippen LogP contribution in [0.5, 0.6) is 11.5 Å². The molecule has 0 fully saturated rings. The number of hydrogen-bond donors (Lipinski definition) is 1. The molecule has 0 aliphatic carbocycles. The lowest BCUT2D eigenvalue weighted by Crippen LogP contribution is -2.02. The number of aromatic nitrogens is 3. The number of halogens is 2. The highest BCUT2D eigenvalue weighted by Crippen LogP contribution is 2.32. The van der Waals surface area contributed by atoms with Crippen molar-refractivity contribution in [2.45, 2.75) is 6.92 Å². The second-order valence-electron chi connectivity index (χ2n) is 6.19. The molecular formula is C21H18F2N4O2. The maximum absolute atomic E-state index is 13.7. The molecule has 0 unspecified atom stereocenters. The topological polar surface area (TPSA) is 60.7 Å². The van der Waals surface area contributed by atoms with Gasteiger partial charge in [0.15, 0.2) is 34.6 Å². The first-order valence-corrected chi connectivity index (χ1v) is 8.96. The Balaban J connectivity index is 1.75. The fraction of sp³-hybridized carbons (Fsp3) is 0.143. The molecule has 0 atom stereocenters. The first-order chi connectivity index (χ1) is 14.1. The summed E-state index contributed by atoms with van der Waals surface area (Å²) in [6.45, 7) is 2.42. The van der Waals surface area contributed by atoms with Crippen molar-refractivity contribution in [3.8, 4) is 22.8 Å². The SMILES string of the molecule is CCOc1ccc(Nc2nc(-c3ccc(F)c(F)c3)cn3ccnc23)cc1OC. The van der Waals surface area contributed by atoms with Crippen molar-refractivity contribution in [3.05, 3.63) is 66.6 Å². The van der Waals surface area contributed by atoms with Gasteiger partial charge in [-0.3, -0.25) is 0 Å². The quantitative estimate of drug-likeness (QED) is 0.506. The van der Waals surface area contributed by atoms with Crippen LogP contribution in [0.2, 0.25) is 0 Å². The summed E-state index contributed by atoms with van der Waals surface area (Å²) >= 11 is 0. The Kier molecular flexibility index (Phi) is 4.99. The predicted octanol–water partition coefficient (Wildman–Crippen LogP) is 4.83. The van der Waals surface area contributed by atoms with Crippen LogP contribution in [0.25, 0.3) is 16.9 Å². The third-order valence-corrected chi connectivity index (χ3v) is 4.32. The van der Waals surface area contributed by atoms with Gasteiger partial charge in [-0.15, -0.1) is 0 Å². The van der Waals surface area contributed by atoms with Gasteiger partial charge in [0.25, 0.3) is 0 Å². The van der Waals surface area contributed by atoms with E-state index in [9.17, 15) is 8.78 Å². The number of nitrogens with zero attached hydrogens (tertiary/aromatic N) is 3. The number of benzene rings is 2. The predicted molar refractivity (Wildman–Crippen MR) is 106 cm³/mol. The van der Waals surface area contributed by atoms with Gasteiger partial charge in [0.1, 0.15) is 0 Å². The fourth-order valence-electron chi connectivity index (χ4n) is 2.97. The van der Waals surface area contributed by atoms with E-state index in [1.165, 1.54) is 6.07 Å². The van der Waals surface area contributed by atoms with Crippen LogP contribution in [0.1, 0.15) is 6.92 Å². The molecule has 2 aromatic carbocycles. The van der Waals surface area contributed by atoms with Crippen LogP contribution in [-0.4, -0.2) is 28.1 Å². The number of imidazole rings is 1. The Morgan fingerprint density at radius 3 is 2.69 bits per heavy atom. The molecule has 0 bridgehead atoms. The lowest BCUT2D eigenvalue weighted by molar-refractivity contribution is 0.311. The Bertz CT molecular complexity index is 1180. The summed E-state index contributed by atoms with van der Waals surface area (Å²) in [5.41, 5.74) is 2.22. The fourth-order valence-corrected chi connectivity index (χ4v) is 2.97. The zero-order valence-electron chi connectivity index (χ0n) is 15.8. The molecule has 6 nitrogen and oxygen atoms in total. The van der Waals surface area contributed by atoms with Crippen LogP contribution in [0.15, 0.2) is 55.0 Å². The highest BCUT2D eigenvalue weighted by molar-refractivity contribution is 5.74. The van der Waals surface area contributed by atoms with Crippen molar-refractivity contribution in [2.24, 2.45) is 0 Å². The maximum Gasteiger partial charge on any atom is 0.180 e. The number of nitrogens with one attached hydrogen (secondary N) is 1.